The molecule has 0 bridgehead atoms. The molecule has 0 N–H and O–H groups in total. The Morgan fingerprint density at radius 3 is 1.89 bits per heavy atom. The fourth-order valence-electron chi connectivity index (χ4n) is 1.87. The van der Waals surface area contributed by atoms with Crippen LogP contribution in [0.3, 0.4) is 0 Å². The molecule has 2 heterocycles. The highest BCUT2D eigenvalue weighted by Gasteiger charge is 1.96. The van der Waals surface area contributed by atoms with Gasteiger partial charge in [0.05, 0.1) is 0 Å². The molecule has 2 rings (SSSR count). The van der Waals surface area contributed by atoms with Crippen LogP contribution in [0.25, 0.3) is 0 Å². The molecule has 0 spiro atoms. The molecule has 0 saturated heterocycles. The van der Waals surface area contributed by atoms with Gasteiger partial charge in [-0.15, -0.1) is 0 Å². The first-order valence-electron chi connectivity index (χ1n) is 6.93. The number of aryl methyl sites for hydroxylation is 4. The maximum Gasteiger partial charge on any atom is 0.0191 e. The van der Waals surface area contributed by atoms with Gasteiger partial charge in [-0.2, -0.15) is 11.3 Å². The Morgan fingerprint density at radius 1 is 0.944 bits per heavy atom. The zero-order chi connectivity index (χ0) is 13.4. The third-order valence-electron chi connectivity index (χ3n) is 3.18. The zero-order valence-electron chi connectivity index (χ0n) is 12.1. The van der Waals surface area contributed by atoms with Crippen LogP contribution < -0.4 is 0 Å². The van der Waals surface area contributed by atoms with Gasteiger partial charge in [-0.25, -0.2) is 0 Å². The molecule has 0 amide bonds. The van der Waals surface area contributed by atoms with Gasteiger partial charge in [0, 0.05) is 18.9 Å². The van der Waals surface area contributed by atoms with Crippen molar-refractivity contribution >= 4 is 11.3 Å². The molecule has 100 valence electrons. The third kappa shape index (κ3) is 4.34. The van der Waals surface area contributed by atoms with Crippen LogP contribution >= 0.6 is 11.3 Å². The average Bonchev–Trinajstić information content (AvgIpc) is 3.07. The summed E-state index contributed by atoms with van der Waals surface area (Å²) in [5, 5.41) is 4.50. The van der Waals surface area contributed by atoms with E-state index in [9.17, 15) is 0 Å². The maximum absolute atomic E-state index is 2.25. The summed E-state index contributed by atoms with van der Waals surface area (Å²) in [6.07, 6.45) is 7.84. The molecule has 0 aliphatic heterocycles. The maximum atomic E-state index is 2.25. The van der Waals surface area contributed by atoms with Crippen molar-refractivity contribution in [1.82, 2.24) is 4.57 Å². The van der Waals surface area contributed by atoms with E-state index in [-0.39, 0.29) is 0 Å². The molecule has 0 fully saturated rings. The first-order chi connectivity index (χ1) is 8.74. The second-order valence-corrected chi connectivity index (χ2v) is 5.08. The Bertz CT molecular complexity index is 402. The predicted octanol–water partition coefficient (Wildman–Crippen LogP) is 4.94. The van der Waals surface area contributed by atoms with Gasteiger partial charge in [0.2, 0.25) is 0 Å². The molecule has 1 nitrogen and oxygen atoms in total. The molecule has 0 unspecified atom stereocenters. The Morgan fingerprint density at radius 2 is 1.56 bits per heavy atom. The summed E-state index contributed by atoms with van der Waals surface area (Å²) in [5.41, 5.74) is 4.49. The molecule has 0 aromatic carbocycles. The summed E-state index contributed by atoms with van der Waals surface area (Å²) in [7, 11) is 0. The predicted molar refractivity (Wildman–Crippen MR) is 82.6 cm³/mol. The van der Waals surface area contributed by atoms with Gasteiger partial charge in [0.1, 0.15) is 0 Å². The number of aromatic nitrogens is 1. The Hall–Kier alpha value is -1.02. The van der Waals surface area contributed by atoms with Crippen molar-refractivity contribution in [3.8, 4) is 0 Å². The van der Waals surface area contributed by atoms with Crippen molar-refractivity contribution in [3.63, 3.8) is 0 Å². The van der Waals surface area contributed by atoms with Gasteiger partial charge in [0.15, 0.2) is 0 Å². The molecule has 2 aromatic heterocycles. The van der Waals surface area contributed by atoms with E-state index in [1.54, 1.807) is 0 Å². The van der Waals surface area contributed by atoms with Crippen LogP contribution in [-0.2, 0) is 25.8 Å². The van der Waals surface area contributed by atoms with Gasteiger partial charge < -0.3 is 4.57 Å². The molecule has 2 heteroatoms. The Labute approximate surface area is 115 Å². The van der Waals surface area contributed by atoms with Crippen molar-refractivity contribution in [1.29, 1.82) is 0 Å². The van der Waals surface area contributed by atoms with E-state index in [0.717, 1.165) is 13.0 Å². The van der Waals surface area contributed by atoms with Crippen LogP contribution in [0.15, 0.2) is 29.2 Å². The van der Waals surface area contributed by atoms with Crippen molar-refractivity contribution in [3.05, 3.63) is 45.9 Å². The van der Waals surface area contributed by atoms with E-state index < -0.39 is 0 Å². The molecule has 18 heavy (non-hydrogen) atoms. The minimum atomic E-state index is 1.08. The molecule has 0 radical (unpaired) electrons. The summed E-state index contributed by atoms with van der Waals surface area (Å²) in [4.78, 5) is 0. The van der Waals surface area contributed by atoms with Gasteiger partial charge in [-0.3, -0.25) is 0 Å². The van der Waals surface area contributed by atoms with E-state index in [1.807, 2.05) is 11.3 Å². The highest BCUT2D eigenvalue weighted by molar-refractivity contribution is 7.08. The summed E-state index contributed by atoms with van der Waals surface area (Å²) >= 11 is 1.82. The van der Waals surface area contributed by atoms with Crippen LogP contribution in [0.2, 0.25) is 0 Å². The van der Waals surface area contributed by atoms with E-state index in [1.165, 1.54) is 29.5 Å². The second kappa shape index (κ2) is 8.15. The lowest BCUT2D eigenvalue weighted by atomic mass is 10.1. The highest BCUT2D eigenvalue weighted by atomic mass is 32.1. The van der Waals surface area contributed by atoms with E-state index in [4.69, 9.17) is 0 Å². The molecule has 2 aromatic rings. The second-order valence-electron chi connectivity index (χ2n) is 4.33. The van der Waals surface area contributed by atoms with Crippen LogP contribution in [0.5, 0.6) is 0 Å². The molecule has 0 aliphatic carbocycles. The quantitative estimate of drug-likeness (QED) is 0.736. The van der Waals surface area contributed by atoms with E-state index in [2.05, 4.69) is 61.5 Å². The number of hydrogen-bond acceptors (Lipinski definition) is 1. The third-order valence-corrected chi connectivity index (χ3v) is 4.02. The fourth-order valence-corrected chi connectivity index (χ4v) is 2.90. The first-order valence-corrected chi connectivity index (χ1v) is 7.87. The molecule has 0 atom stereocenters. The van der Waals surface area contributed by atoms with Crippen LogP contribution in [-0.4, -0.2) is 4.57 Å². The molecule has 0 saturated carbocycles. The molecule has 0 aliphatic rings. The normalized spacial score (nSPS) is 10.0. The number of thiophene rings is 1. The van der Waals surface area contributed by atoms with Crippen molar-refractivity contribution in [2.75, 3.05) is 0 Å². The van der Waals surface area contributed by atoms with Crippen molar-refractivity contribution in [2.45, 2.75) is 53.5 Å². The summed E-state index contributed by atoms with van der Waals surface area (Å²) < 4.78 is 2.19. The van der Waals surface area contributed by atoms with Gasteiger partial charge in [-0.1, -0.05) is 20.8 Å². The largest absolute Gasteiger partial charge is 0.354 e. The smallest absolute Gasteiger partial charge is 0.0191 e. The summed E-state index contributed by atoms with van der Waals surface area (Å²) in [5.74, 6) is 0. The summed E-state index contributed by atoms with van der Waals surface area (Å²) in [6, 6.07) is 2.17. The number of rotatable bonds is 4. The Kier molecular flexibility index (Phi) is 6.81. The number of hydrogen-bond donors (Lipinski definition) is 0. The monoisotopic (exact) mass is 263 g/mol. The lowest BCUT2D eigenvalue weighted by Gasteiger charge is -1.93. The minimum absolute atomic E-state index is 1.08. The van der Waals surface area contributed by atoms with Crippen molar-refractivity contribution in [2.24, 2.45) is 0 Å². The van der Waals surface area contributed by atoms with Crippen LogP contribution in [0.4, 0.5) is 0 Å². The van der Waals surface area contributed by atoms with Crippen molar-refractivity contribution < 1.29 is 0 Å². The lowest BCUT2D eigenvalue weighted by Crippen LogP contribution is -1.86. The van der Waals surface area contributed by atoms with Gasteiger partial charge >= 0.3 is 0 Å². The minimum Gasteiger partial charge on any atom is -0.354 e. The average molecular weight is 263 g/mol. The van der Waals surface area contributed by atoms with Gasteiger partial charge in [0.25, 0.3) is 0 Å². The highest BCUT2D eigenvalue weighted by Crippen LogP contribution is 2.15. The van der Waals surface area contributed by atoms with Gasteiger partial charge in [-0.05, 0) is 59.7 Å². The van der Waals surface area contributed by atoms with E-state index >= 15 is 0 Å². The molecular formula is C16H25NS. The zero-order valence-corrected chi connectivity index (χ0v) is 12.9. The van der Waals surface area contributed by atoms with E-state index in [0.29, 0.717) is 0 Å². The first kappa shape index (κ1) is 15.0. The molecular weight excluding hydrogens is 238 g/mol. The SMILES string of the molecule is CCc1ccn(CC)c1.CCc1cscc1CC. The Balaban J connectivity index is 0.000000180. The van der Waals surface area contributed by atoms with Crippen LogP contribution in [0.1, 0.15) is 44.4 Å². The van der Waals surface area contributed by atoms with Crippen LogP contribution in [0, 0.1) is 0 Å². The fraction of sp³-hybridized carbons (Fsp3) is 0.500. The summed E-state index contributed by atoms with van der Waals surface area (Å²) in [6.45, 7) is 9.83. The standard InChI is InChI=1S/C8H13N.C8H12S/c1-3-8-5-6-9(4-2)7-8;1-3-7-5-9-6-8(7)4-2/h5-7H,3-4H2,1-2H3;5-6H,3-4H2,1-2H3. The topological polar surface area (TPSA) is 4.93 Å². The lowest BCUT2D eigenvalue weighted by molar-refractivity contribution is 0.766. The number of nitrogens with zero attached hydrogens (tertiary/aromatic N) is 1.